The number of aliphatic carboxylic acids is 1. The lowest BCUT2D eigenvalue weighted by Crippen LogP contribution is -2.54. The molecular weight excluding hydrogens is 326 g/mol. The van der Waals surface area contributed by atoms with E-state index in [4.69, 9.17) is 19.3 Å². The zero-order valence-electron chi connectivity index (χ0n) is 14.9. The predicted octanol–water partition coefficient (Wildman–Crippen LogP) is 2.16. The number of carboxylic acids is 1. The van der Waals surface area contributed by atoms with Gasteiger partial charge >= 0.3 is 5.97 Å². The van der Waals surface area contributed by atoms with E-state index in [1.165, 1.54) is 14.2 Å². The minimum atomic E-state index is -0.887. The van der Waals surface area contributed by atoms with Crippen LogP contribution in [0.3, 0.4) is 0 Å². The molecule has 0 saturated heterocycles. The van der Waals surface area contributed by atoms with Gasteiger partial charge in [0.25, 0.3) is 0 Å². The van der Waals surface area contributed by atoms with Gasteiger partial charge in [0, 0.05) is 6.42 Å². The van der Waals surface area contributed by atoms with Gasteiger partial charge in [0.15, 0.2) is 11.5 Å². The first kappa shape index (κ1) is 18.9. The second-order valence-electron chi connectivity index (χ2n) is 6.25. The molecule has 1 aliphatic rings. The second-order valence-corrected chi connectivity index (χ2v) is 6.25. The number of benzene rings is 1. The van der Waals surface area contributed by atoms with E-state index in [9.17, 15) is 9.59 Å². The van der Waals surface area contributed by atoms with E-state index < -0.39 is 11.5 Å². The Morgan fingerprint density at radius 2 is 1.80 bits per heavy atom. The van der Waals surface area contributed by atoms with Gasteiger partial charge in [-0.3, -0.25) is 9.59 Å². The van der Waals surface area contributed by atoms with E-state index in [1.807, 2.05) is 6.07 Å². The normalized spacial score (nSPS) is 15.0. The van der Waals surface area contributed by atoms with Crippen LogP contribution < -0.4 is 19.5 Å². The summed E-state index contributed by atoms with van der Waals surface area (Å²) in [5.74, 6) is 0.546. The number of hydrogen-bond donors (Lipinski definition) is 2. The minimum absolute atomic E-state index is 0.0293. The molecule has 7 heteroatoms. The molecule has 25 heavy (non-hydrogen) atoms. The average Bonchev–Trinajstić information content (AvgIpc) is 2.56. The van der Waals surface area contributed by atoms with E-state index in [0.717, 1.165) is 12.0 Å². The highest BCUT2D eigenvalue weighted by Gasteiger charge is 2.40. The largest absolute Gasteiger partial charge is 0.493 e. The van der Waals surface area contributed by atoms with Crippen LogP contribution in [0.1, 0.15) is 37.7 Å². The highest BCUT2D eigenvalue weighted by molar-refractivity contribution is 5.79. The van der Waals surface area contributed by atoms with Gasteiger partial charge in [0.1, 0.15) is 0 Å². The highest BCUT2D eigenvalue weighted by Crippen LogP contribution is 2.40. The molecule has 7 nitrogen and oxygen atoms in total. The number of rotatable bonds is 9. The van der Waals surface area contributed by atoms with Crippen molar-refractivity contribution in [1.82, 2.24) is 5.32 Å². The third-order valence-corrected chi connectivity index (χ3v) is 4.61. The fraction of sp³-hybridized carbons (Fsp3) is 0.556. The molecule has 2 N–H and O–H groups in total. The maximum atomic E-state index is 12.3. The van der Waals surface area contributed by atoms with Gasteiger partial charge in [-0.25, -0.2) is 0 Å². The Morgan fingerprint density at radius 1 is 1.12 bits per heavy atom. The third kappa shape index (κ3) is 4.35. The smallest absolute Gasteiger partial charge is 0.305 e. The first-order valence-corrected chi connectivity index (χ1v) is 8.25. The van der Waals surface area contributed by atoms with Crippen molar-refractivity contribution in [3.05, 3.63) is 17.7 Å². The van der Waals surface area contributed by atoms with E-state index >= 15 is 0 Å². The molecule has 0 aromatic heterocycles. The van der Waals surface area contributed by atoms with E-state index in [2.05, 4.69) is 5.32 Å². The minimum Gasteiger partial charge on any atom is -0.493 e. The maximum absolute atomic E-state index is 12.3. The molecule has 1 aliphatic carbocycles. The number of nitrogens with one attached hydrogen (secondary N) is 1. The summed E-state index contributed by atoms with van der Waals surface area (Å²) in [6, 6.07) is 3.61. The van der Waals surface area contributed by atoms with E-state index in [0.29, 0.717) is 36.5 Å². The van der Waals surface area contributed by atoms with Crippen molar-refractivity contribution in [2.75, 3.05) is 21.3 Å². The van der Waals surface area contributed by atoms with Crippen molar-refractivity contribution in [2.24, 2.45) is 0 Å². The number of methoxy groups -OCH3 is 3. The summed E-state index contributed by atoms with van der Waals surface area (Å²) in [7, 11) is 4.62. The Kier molecular flexibility index (Phi) is 6.12. The first-order valence-electron chi connectivity index (χ1n) is 8.25. The Hall–Kier alpha value is -2.44. The van der Waals surface area contributed by atoms with Crippen LogP contribution in [0.25, 0.3) is 0 Å². The number of aryl methyl sites for hydroxylation is 1. The number of ether oxygens (including phenoxy) is 3. The average molecular weight is 351 g/mol. The zero-order valence-corrected chi connectivity index (χ0v) is 14.9. The van der Waals surface area contributed by atoms with Crippen LogP contribution in [0.15, 0.2) is 12.1 Å². The summed E-state index contributed by atoms with van der Waals surface area (Å²) in [5, 5.41) is 11.9. The fourth-order valence-electron chi connectivity index (χ4n) is 3.21. The maximum Gasteiger partial charge on any atom is 0.305 e. The Balaban J connectivity index is 2.03. The molecule has 1 fully saturated rings. The van der Waals surface area contributed by atoms with Gasteiger partial charge in [0.05, 0.1) is 33.3 Å². The lowest BCUT2D eigenvalue weighted by Gasteiger charge is -2.41. The van der Waals surface area contributed by atoms with Gasteiger partial charge in [-0.05, 0) is 37.3 Å². The third-order valence-electron chi connectivity index (χ3n) is 4.61. The SMILES string of the molecule is COc1ccc(CCC(=O)NC2(CC(=O)O)CCC2)c(OC)c1OC. The summed E-state index contributed by atoms with van der Waals surface area (Å²) in [6.45, 7) is 0. The second kappa shape index (κ2) is 8.09. The number of carbonyl (C=O) groups is 2. The molecule has 138 valence electrons. The summed E-state index contributed by atoms with van der Waals surface area (Å²) < 4.78 is 16.0. The van der Waals surface area contributed by atoms with Crippen LogP contribution in [0, 0.1) is 0 Å². The van der Waals surface area contributed by atoms with Crippen molar-refractivity contribution >= 4 is 11.9 Å². The summed E-state index contributed by atoms with van der Waals surface area (Å²) in [4.78, 5) is 23.3. The van der Waals surface area contributed by atoms with Crippen molar-refractivity contribution in [1.29, 1.82) is 0 Å². The molecule has 2 rings (SSSR count). The quantitative estimate of drug-likeness (QED) is 0.708. The molecule has 1 aromatic carbocycles. The molecule has 0 atom stereocenters. The number of carbonyl (C=O) groups excluding carboxylic acids is 1. The van der Waals surface area contributed by atoms with Gasteiger partial charge in [-0.1, -0.05) is 6.07 Å². The lowest BCUT2D eigenvalue weighted by molar-refractivity contribution is -0.140. The monoisotopic (exact) mass is 351 g/mol. The Bertz CT molecular complexity index is 639. The van der Waals surface area contributed by atoms with Gasteiger partial charge in [-0.15, -0.1) is 0 Å². The first-order chi connectivity index (χ1) is 11.9. The van der Waals surface area contributed by atoms with Gasteiger partial charge < -0.3 is 24.6 Å². The summed E-state index contributed by atoms with van der Waals surface area (Å²) >= 11 is 0. The molecule has 0 radical (unpaired) electrons. The Labute approximate surface area is 147 Å². The predicted molar refractivity (Wildman–Crippen MR) is 91.4 cm³/mol. The molecule has 0 spiro atoms. The van der Waals surface area contributed by atoms with Crippen LogP contribution in [0.2, 0.25) is 0 Å². The van der Waals surface area contributed by atoms with E-state index in [1.54, 1.807) is 13.2 Å². The van der Waals surface area contributed by atoms with Crippen LogP contribution in [-0.2, 0) is 16.0 Å². The zero-order chi connectivity index (χ0) is 18.4. The standard InChI is InChI=1S/C18H25NO6/c1-23-13-7-5-12(16(24-2)17(13)25-3)6-8-14(20)19-18(9-4-10-18)11-15(21)22/h5,7H,4,6,8-11H2,1-3H3,(H,19,20)(H,21,22). The van der Waals surface area contributed by atoms with Crippen LogP contribution in [0.4, 0.5) is 0 Å². The summed E-state index contributed by atoms with van der Waals surface area (Å²) in [5.41, 5.74) is 0.251. The van der Waals surface area contributed by atoms with Crippen molar-refractivity contribution in [2.45, 2.75) is 44.1 Å². The van der Waals surface area contributed by atoms with Gasteiger partial charge in [-0.2, -0.15) is 0 Å². The highest BCUT2D eigenvalue weighted by atomic mass is 16.5. The van der Waals surface area contributed by atoms with Crippen molar-refractivity contribution in [3.8, 4) is 17.2 Å². The lowest BCUT2D eigenvalue weighted by atomic mass is 9.74. The van der Waals surface area contributed by atoms with E-state index in [-0.39, 0.29) is 18.7 Å². The van der Waals surface area contributed by atoms with Gasteiger partial charge in [0.2, 0.25) is 11.7 Å². The molecule has 0 bridgehead atoms. The molecule has 1 aromatic rings. The fourth-order valence-corrected chi connectivity index (χ4v) is 3.21. The van der Waals surface area contributed by atoms with Crippen molar-refractivity contribution in [3.63, 3.8) is 0 Å². The van der Waals surface area contributed by atoms with Crippen LogP contribution >= 0.6 is 0 Å². The van der Waals surface area contributed by atoms with Crippen LogP contribution in [-0.4, -0.2) is 43.9 Å². The summed E-state index contributed by atoms with van der Waals surface area (Å²) in [6.07, 6.45) is 3.04. The molecule has 0 aliphatic heterocycles. The molecule has 0 unspecified atom stereocenters. The molecular formula is C18H25NO6. The van der Waals surface area contributed by atoms with Crippen molar-refractivity contribution < 1.29 is 28.9 Å². The molecule has 1 saturated carbocycles. The number of carboxylic acid groups (broad SMARTS) is 1. The molecule has 1 amide bonds. The number of amides is 1. The molecule has 0 heterocycles. The number of hydrogen-bond acceptors (Lipinski definition) is 5. The topological polar surface area (TPSA) is 94.1 Å². The Morgan fingerprint density at radius 3 is 2.28 bits per heavy atom. The van der Waals surface area contributed by atoms with Crippen LogP contribution in [0.5, 0.6) is 17.2 Å².